The van der Waals surface area contributed by atoms with Gasteiger partial charge in [0, 0.05) is 0 Å². The van der Waals surface area contributed by atoms with Crippen LogP contribution in [0, 0.1) is 0 Å². The first kappa shape index (κ1) is 11.7. The number of halogens is 5. The predicted octanol–water partition coefficient (Wildman–Crippen LogP) is 2.17. The Morgan fingerprint density at radius 3 is 2.08 bits per heavy atom. The standard InChI is InChI=1S/C5H5BrF4O2/c1-2-12-3(11)4(7,8)5(6,9)10/h2H2,1H3. The summed E-state index contributed by atoms with van der Waals surface area (Å²) in [6.45, 7) is 0.859. The molecule has 0 aromatic heterocycles. The maximum atomic E-state index is 12.2. The van der Waals surface area contributed by atoms with Crippen LogP contribution in [-0.4, -0.2) is 23.3 Å². The molecule has 72 valence electrons. The lowest BCUT2D eigenvalue weighted by Crippen LogP contribution is -2.44. The number of carbonyl (C=O) groups is 1. The fraction of sp³-hybridized carbons (Fsp3) is 0.800. The first-order valence-corrected chi connectivity index (χ1v) is 3.64. The summed E-state index contributed by atoms with van der Waals surface area (Å²) in [5.74, 6) is -7.07. The molecule has 0 amide bonds. The Morgan fingerprint density at radius 1 is 1.42 bits per heavy atom. The van der Waals surface area contributed by atoms with Crippen LogP contribution in [0.15, 0.2) is 0 Å². The first-order valence-electron chi connectivity index (χ1n) is 2.85. The second kappa shape index (κ2) is 3.59. The highest BCUT2D eigenvalue weighted by atomic mass is 79.9. The summed E-state index contributed by atoms with van der Waals surface area (Å²) in [6.07, 6.45) is 0. The van der Waals surface area contributed by atoms with E-state index in [9.17, 15) is 22.4 Å². The van der Waals surface area contributed by atoms with Gasteiger partial charge in [-0.25, -0.2) is 4.79 Å². The maximum absolute atomic E-state index is 12.2. The lowest BCUT2D eigenvalue weighted by molar-refractivity contribution is -0.199. The Kier molecular flexibility index (Phi) is 3.49. The summed E-state index contributed by atoms with van der Waals surface area (Å²) in [4.78, 5) is 5.65. The monoisotopic (exact) mass is 252 g/mol. The Morgan fingerprint density at radius 2 is 1.83 bits per heavy atom. The van der Waals surface area contributed by atoms with Crippen LogP contribution in [0.25, 0.3) is 0 Å². The van der Waals surface area contributed by atoms with Crippen LogP contribution in [-0.2, 0) is 9.53 Å². The van der Waals surface area contributed by atoms with Crippen LogP contribution in [0.5, 0.6) is 0 Å². The van der Waals surface area contributed by atoms with E-state index in [0.29, 0.717) is 0 Å². The van der Waals surface area contributed by atoms with Gasteiger partial charge in [-0.15, -0.1) is 0 Å². The van der Waals surface area contributed by atoms with E-state index in [0.717, 1.165) is 0 Å². The molecule has 0 unspecified atom stereocenters. The molecule has 2 nitrogen and oxygen atoms in total. The van der Waals surface area contributed by atoms with Crippen molar-refractivity contribution in [3.8, 4) is 0 Å². The van der Waals surface area contributed by atoms with Gasteiger partial charge in [-0.2, -0.15) is 17.6 Å². The van der Waals surface area contributed by atoms with Crippen LogP contribution in [0.3, 0.4) is 0 Å². The molecule has 0 saturated heterocycles. The molecular weight excluding hydrogens is 248 g/mol. The van der Waals surface area contributed by atoms with Crippen molar-refractivity contribution in [1.29, 1.82) is 0 Å². The minimum absolute atomic E-state index is 0.377. The molecular formula is C5H5BrF4O2. The fourth-order valence-electron chi connectivity index (χ4n) is 0.337. The van der Waals surface area contributed by atoms with Crippen molar-refractivity contribution in [3.05, 3.63) is 0 Å². The van der Waals surface area contributed by atoms with Gasteiger partial charge in [-0.3, -0.25) is 0 Å². The molecule has 12 heavy (non-hydrogen) atoms. The number of hydrogen-bond donors (Lipinski definition) is 0. The molecule has 0 aliphatic carbocycles. The normalized spacial score (nSPS) is 12.8. The molecule has 0 aliphatic rings. The number of alkyl halides is 5. The minimum atomic E-state index is -4.83. The van der Waals surface area contributed by atoms with Crippen molar-refractivity contribution in [2.45, 2.75) is 17.7 Å². The highest BCUT2D eigenvalue weighted by Crippen LogP contribution is 2.40. The third-order valence-electron chi connectivity index (χ3n) is 0.888. The van der Waals surface area contributed by atoms with E-state index in [-0.39, 0.29) is 6.61 Å². The van der Waals surface area contributed by atoms with Crippen LogP contribution in [0.2, 0.25) is 0 Å². The Bertz CT molecular complexity index is 177. The molecule has 7 heteroatoms. The van der Waals surface area contributed by atoms with Gasteiger partial charge in [0.05, 0.1) is 6.61 Å². The van der Waals surface area contributed by atoms with Crippen molar-refractivity contribution < 1.29 is 27.1 Å². The van der Waals surface area contributed by atoms with E-state index in [1.807, 2.05) is 0 Å². The van der Waals surface area contributed by atoms with Crippen LogP contribution >= 0.6 is 15.9 Å². The molecule has 0 fully saturated rings. The molecule has 0 aromatic rings. The Hall–Kier alpha value is -0.330. The molecule has 0 atom stereocenters. The summed E-state index contributed by atoms with van der Waals surface area (Å²) in [5.41, 5.74) is 0. The lowest BCUT2D eigenvalue weighted by Gasteiger charge is -2.18. The SMILES string of the molecule is CCOC(=O)C(F)(F)C(F)(F)Br. The van der Waals surface area contributed by atoms with Gasteiger partial charge in [-0.1, -0.05) is 0 Å². The van der Waals surface area contributed by atoms with Crippen LogP contribution in [0.4, 0.5) is 17.6 Å². The fourth-order valence-corrected chi connectivity index (χ4v) is 0.499. The van der Waals surface area contributed by atoms with Gasteiger partial charge in [0.15, 0.2) is 0 Å². The summed E-state index contributed by atoms with van der Waals surface area (Å²) < 4.78 is 52.1. The molecule has 0 rings (SSSR count). The van der Waals surface area contributed by atoms with E-state index in [4.69, 9.17) is 0 Å². The highest BCUT2D eigenvalue weighted by Gasteiger charge is 2.61. The van der Waals surface area contributed by atoms with E-state index >= 15 is 0 Å². The zero-order valence-electron chi connectivity index (χ0n) is 5.91. The van der Waals surface area contributed by atoms with Crippen molar-refractivity contribution in [2.75, 3.05) is 6.61 Å². The Balaban J connectivity index is 4.50. The summed E-state index contributed by atoms with van der Waals surface area (Å²) in [6, 6.07) is 0. The minimum Gasteiger partial charge on any atom is -0.461 e. The lowest BCUT2D eigenvalue weighted by atomic mass is 10.3. The van der Waals surface area contributed by atoms with Crippen molar-refractivity contribution in [2.24, 2.45) is 0 Å². The highest BCUT2D eigenvalue weighted by molar-refractivity contribution is 9.10. The molecule has 0 aliphatic heterocycles. The molecule has 0 aromatic carbocycles. The summed E-state index contributed by atoms with van der Waals surface area (Å²) in [7, 11) is 0. The summed E-state index contributed by atoms with van der Waals surface area (Å²) >= 11 is 1.39. The number of ether oxygens (including phenoxy) is 1. The zero-order chi connectivity index (χ0) is 9.99. The molecule has 0 N–H and O–H groups in total. The molecule has 0 bridgehead atoms. The molecule has 0 saturated carbocycles. The van der Waals surface area contributed by atoms with Gasteiger partial charge in [-0.05, 0) is 22.9 Å². The number of hydrogen-bond acceptors (Lipinski definition) is 2. The maximum Gasteiger partial charge on any atom is 0.414 e. The zero-order valence-corrected chi connectivity index (χ0v) is 7.50. The van der Waals surface area contributed by atoms with Gasteiger partial charge in [0.25, 0.3) is 0 Å². The average molecular weight is 253 g/mol. The van der Waals surface area contributed by atoms with Gasteiger partial charge >= 0.3 is 16.7 Å². The van der Waals surface area contributed by atoms with E-state index < -0.39 is 16.7 Å². The van der Waals surface area contributed by atoms with Crippen LogP contribution in [0.1, 0.15) is 6.92 Å². The van der Waals surface area contributed by atoms with Gasteiger partial charge in [0.1, 0.15) is 0 Å². The van der Waals surface area contributed by atoms with Gasteiger partial charge < -0.3 is 4.74 Å². The van der Waals surface area contributed by atoms with E-state index in [2.05, 4.69) is 4.74 Å². The van der Waals surface area contributed by atoms with Crippen molar-refractivity contribution >= 4 is 21.9 Å². The molecule has 0 radical (unpaired) electrons. The van der Waals surface area contributed by atoms with Crippen molar-refractivity contribution in [3.63, 3.8) is 0 Å². The largest absolute Gasteiger partial charge is 0.461 e. The third-order valence-corrected chi connectivity index (χ3v) is 1.39. The predicted molar refractivity (Wildman–Crippen MR) is 35.5 cm³/mol. The topological polar surface area (TPSA) is 26.3 Å². The van der Waals surface area contributed by atoms with E-state index in [1.54, 1.807) is 0 Å². The van der Waals surface area contributed by atoms with Crippen molar-refractivity contribution in [1.82, 2.24) is 0 Å². The van der Waals surface area contributed by atoms with Gasteiger partial charge in [0.2, 0.25) is 0 Å². The number of carbonyl (C=O) groups excluding carboxylic acids is 1. The third kappa shape index (κ3) is 2.33. The second-order valence-corrected chi connectivity index (χ2v) is 2.79. The number of esters is 1. The summed E-state index contributed by atoms with van der Waals surface area (Å²) in [5, 5.41) is 0. The second-order valence-electron chi connectivity index (χ2n) is 1.79. The quantitative estimate of drug-likeness (QED) is 0.437. The smallest absolute Gasteiger partial charge is 0.414 e. The van der Waals surface area contributed by atoms with E-state index in [1.165, 1.54) is 22.9 Å². The average Bonchev–Trinajstić information content (AvgIpc) is 1.85. The van der Waals surface area contributed by atoms with Crippen LogP contribution < -0.4 is 0 Å². The number of rotatable bonds is 3. The Labute approximate surface area is 74.0 Å². The molecule has 0 spiro atoms. The first-order chi connectivity index (χ1) is 5.23. The molecule has 0 heterocycles.